The first-order valence-corrected chi connectivity index (χ1v) is 8.57. The molecule has 136 valence electrons. The lowest BCUT2D eigenvalue weighted by Gasteiger charge is -2.11. The zero-order chi connectivity index (χ0) is 19.3. The first-order chi connectivity index (χ1) is 12.2. The van der Waals surface area contributed by atoms with Crippen LogP contribution in [0.3, 0.4) is 0 Å². The van der Waals surface area contributed by atoms with E-state index in [9.17, 15) is 9.90 Å². The van der Waals surface area contributed by atoms with Gasteiger partial charge in [0.25, 0.3) is 0 Å². The average molecular weight is 377 g/mol. The number of ether oxygens (including phenoxy) is 1. The van der Waals surface area contributed by atoms with Crippen LogP contribution in [0.2, 0.25) is 0 Å². The van der Waals surface area contributed by atoms with E-state index < -0.39 is 16.4 Å². The van der Waals surface area contributed by atoms with E-state index in [4.69, 9.17) is 22.3 Å². The quantitative estimate of drug-likeness (QED) is 0.458. The molecule has 0 saturated heterocycles. The Hall–Kier alpha value is -3.01. The number of aromatic nitrogens is 1. The Morgan fingerprint density at radius 1 is 1.00 bits per heavy atom. The van der Waals surface area contributed by atoms with Gasteiger partial charge in [-0.25, -0.2) is 9.78 Å². The van der Waals surface area contributed by atoms with E-state index in [0.717, 1.165) is 5.56 Å². The van der Waals surface area contributed by atoms with Crippen LogP contribution in [-0.2, 0) is 15.1 Å². The zero-order valence-electron chi connectivity index (χ0n) is 13.5. The van der Waals surface area contributed by atoms with Crippen molar-refractivity contribution in [2.75, 3.05) is 7.11 Å². The van der Waals surface area contributed by atoms with Gasteiger partial charge in [-0.1, -0.05) is 48.5 Å². The van der Waals surface area contributed by atoms with Crippen molar-refractivity contribution in [3.8, 4) is 17.0 Å². The predicted octanol–water partition coefficient (Wildman–Crippen LogP) is 2.74. The molecule has 8 nitrogen and oxygen atoms in total. The molecular weight excluding hydrogens is 362 g/mol. The van der Waals surface area contributed by atoms with Crippen molar-refractivity contribution in [1.29, 1.82) is 0 Å². The van der Waals surface area contributed by atoms with E-state index in [0.29, 0.717) is 16.6 Å². The molecule has 0 bridgehead atoms. The van der Waals surface area contributed by atoms with Crippen molar-refractivity contribution in [2.24, 2.45) is 0 Å². The van der Waals surface area contributed by atoms with E-state index in [2.05, 4.69) is 4.98 Å². The summed E-state index contributed by atoms with van der Waals surface area (Å²) in [5.41, 5.74) is 1.89. The Bertz CT molecular complexity index is 1030. The van der Waals surface area contributed by atoms with Gasteiger partial charge in [0.05, 0.1) is 12.6 Å². The van der Waals surface area contributed by atoms with Gasteiger partial charge in [0.15, 0.2) is 5.75 Å². The van der Waals surface area contributed by atoms with Crippen LogP contribution in [0.1, 0.15) is 10.4 Å². The number of pyridine rings is 1. The van der Waals surface area contributed by atoms with Gasteiger partial charge < -0.3 is 9.84 Å². The Balaban J connectivity index is 0.000000431. The van der Waals surface area contributed by atoms with Gasteiger partial charge in [-0.15, -0.1) is 0 Å². The SMILES string of the molecule is COC(=O)c1c(O)c(-c2ccccc2)nc2ccccc12.O=S(=O)(O)O. The summed E-state index contributed by atoms with van der Waals surface area (Å²) in [6.45, 7) is 0. The summed E-state index contributed by atoms with van der Waals surface area (Å²) < 4.78 is 36.4. The van der Waals surface area contributed by atoms with Gasteiger partial charge in [-0.05, 0) is 6.07 Å². The van der Waals surface area contributed by atoms with Crippen molar-refractivity contribution < 1.29 is 32.2 Å². The van der Waals surface area contributed by atoms with Crippen molar-refractivity contribution >= 4 is 27.3 Å². The Kier molecular flexibility index (Phi) is 5.88. The van der Waals surface area contributed by atoms with E-state index in [1.807, 2.05) is 36.4 Å². The maximum atomic E-state index is 12.0. The molecule has 26 heavy (non-hydrogen) atoms. The number of aromatic hydroxyl groups is 1. The number of hydrogen-bond donors (Lipinski definition) is 3. The summed E-state index contributed by atoms with van der Waals surface area (Å²) in [5, 5.41) is 11.0. The monoisotopic (exact) mass is 377 g/mol. The number of rotatable bonds is 2. The number of benzene rings is 2. The van der Waals surface area contributed by atoms with Gasteiger partial charge in [-0.3, -0.25) is 9.11 Å². The predicted molar refractivity (Wildman–Crippen MR) is 94.4 cm³/mol. The summed E-state index contributed by atoms with van der Waals surface area (Å²) >= 11 is 0. The van der Waals surface area contributed by atoms with Crippen molar-refractivity contribution in [2.45, 2.75) is 0 Å². The lowest BCUT2D eigenvalue weighted by atomic mass is 10.0. The maximum Gasteiger partial charge on any atom is 0.394 e. The van der Waals surface area contributed by atoms with Gasteiger partial charge in [0.2, 0.25) is 0 Å². The first-order valence-electron chi connectivity index (χ1n) is 7.17. The van der Waals surface area contributed by atoms with Crippen LogP contribution in [0.25, 0.3) is 22.2 Å². The zero-order valence-corrected chi connectivity index (χ0v) is 14.3. The molecule has 3 N–H and O–H groups in total. The molecule has 3 aromatic rings. The highest BCUT2D eigenvalue weighted by molar-refractivity contribution is 7.79. The number of fused-ring (bicyclic) bond motifs is 1. The molecule has 0 fully saturated rings. The molecule has 1 heterocycles. The third kappa shape index (κ3) is 4.76. The van der Waals surface area contributed by atoms with Crippen LogP contribution in [0.5, 0.6) is 5.75 Å². The maximum absolute atomic E-state index is 12.0. The van der Waals surface area contributed by atoms with Crippen molar-refractivity contribution in [3.63, 3.8) is 0 Å². The van der Waals surface area contributed by atoms with Crippen molar-refractivity contribution in [1.82, 2.24) is 4.98 Å². The van der Waals surface area contributed by atoms with Crippen LogP contribution < -0.4 is 0 Å². The van der Waals surface area contributed by atoms with Gasteiger partial charge in [0, 0.05) is 10.9 Å². The van der Waals surface area contributed by atoms with E-state index in [1.54, 1.807) is 18.2 Å². The van der Waals surface area contributed by atoms with Crippen molar-refractivity contribution in [3.05, 3.63) is 60.2 Å². The van der Waals surface area contributed by atoms with E-state index >= 15 is 0 Å². The molecule has 0 unspecified atom stereocenters. The topological polar surface area (TPSA) is 134 Å². The molecule has 0 saturated carbocycles. The lowest BCUT2D eigenvalue weighted by Crippen LogP contribution is -2.05. The summed E-state index contributed by atoms with van der Waals surface area (Å²) in [5.74, 6) is -0.741. The van der Waals surface area contributed by atoms with Gasteiger partial charge in [-0.2, -0.15) is 8.42 Å². The highest BCUT2D eigenvalue weighted by Crippen LogP contribution is 2.35. The van der Waals surface area contributed by atoms with Crippen LogP contribution in [0.15, 0.2) is 54.6 Å². The molecule has 9 heteroatoms. The minimum absolute atomic E-state index is 0.141. The molecule has 0 aliphatic carbocycles. The van der Waals surface area contributed by atoms with E-state index in [-0.39, 0.29) is 11.3 Å². The smallest absolute Gasteiger partial charge is 0.394 e. The van der Waals surface area contributed by atoms with Gasteiger partial charge in [0.1, 0.15) is 11.3 Å². The van der Waals surface area contributed by atoms with Crippen LogP contribution in [0.4, 0.5) is 0 Å². The molecule has 0 aliphatic rings. The highest BCUT2D eigenvalue weighted by Gasteiger charge is 2.21. The summed E-state index contributed by atoms with van der Waals surface area (Å²) in [6, 6.07) is 16.4. The highest BCUT2D eigenvalue weighted by atomic mass is 32.3. The molecule has 0 spiro atoms. The number of hydrogen-bond acceptors (Lipinski definition) is 6. The first kappa shape index (κ1) is 19.3. The molecule has 0 amide bonds. The molecular formula is C17H15NO7S. The summed E-state index contributed by atoms with van der Waals surface area (Å²) in [4.78, 5) is 16.5. The van der Waals surface area contributed by atoms with Crippen LogP contribution in [0, 0.1) is 0 Å². The minimum Gasteiger partial charge on any atom is -0.505 e. The van der Waals surface area contributed by atoms with Gasteiger partial charge >= 0.3 is 16.4 Å². The number of esters is 1. The molecule has 0 aliphatic heterocycles. The third-order valence-electron chi connectivity index (χ3n) is 3.30. The number of nitrogens with zero attached hydrogens (tertiary/aromatic N) is 1. The lowest BCUT2D eigenvalue weighted by molar-refractivity contribution is 0.0599. The number of methoxy groups -OCH3 is 1. The molecule has 0 radical (unpaired) electrons. The summed E-state index contributed by atoms with van der Waals surface area (Å²) in [7, 11) is -3.38. The molecule has 2 aromatic carbocycles. The third-order valence-corrected chi connectivity index (χ3v) is 3.30. The van der Waals surface area contributed by atoms with E-state index in [1.165, 1.54) is 7.11 Å². The standard InChI is InChI=1S/C17H13NO3.H2O4S/c1-21-17(20)14-12-9-5-6-10-13(12)18-15(16(14)19)11-7-3-2-4-8-11;1-5(2,3)4/h2-10,19H,1H3;(H2,1,2,3,4). The van der Waals surface area contributed by atoms with Crippen LogP contribution >= 0.6 is 0 Å². The number of para-hydroxylation sites is 1. The normalized spacial score (nSPS) is 10.7. The summed E-state index contributed by atoms with van der Waals surface area (Å²) in [6.07, 6.45) is 0. The van der Waals surface area contributed by atoms with Crippen LogP contribution in [-0.4, -0.2) is 40.7 Å². The number of carbonyl (C=O) groups is 1. The Morgan fingerprint density at radius 2 is 1.54 bits per heavy atom. The Labute approximate surface area is 149 Å². The Morgan fingerprint density at radius 3 is 2.12 bits per heavy atom. The second kappa shape index (κ2) is 7.91. The molecule has 0 atom stereocenters. The fourth-order valence-corrected chi connectivity index (χ4v) is 2.31. The fourth-order valence-electron chi connectivity index (χ4n) is 2.31. The largest absolute Gasteiger partial charge is 0.505 e. The second-order valence-electron chi connectivity index (χ2n) is 5.01. The molecule has 3 rings (SSSR count). The average Bonchev–Trinajstić information content (AvgIpc) is 2.60. The second-order valence-corrected chi connectivity index (χ2v) is 5.90. The fraction of sp³-hybridized carbons (Fsp3) is 0.0588. The molecule has 1 aromatic heterocycles. The minimum atomic E-state index is -4.67. The number of carbonyl (C=O) groups excluding carboxylic acids is 1.